The molecule has 63 heavy (non-hydrogen) atoms. The van der Waals surface area contributed by atoms with E-state index in [4.69, 9.17) is 19.9 Å². The topological polar surface area (TPSA) is 61.4 Å². The first-order valence-corrected chi connectivity index (χ1v) is 25.8. The first kappa shape index (κ1) is 36.4. The molecule has 13 rings (SSSR count). The van der Waals surface area contributed by atoms with E-state index in [2.05, 4.69) is 204 Å². The zero-order valence-corrected chi connectivity index (χ0v) is 37.0. The summed E-state index contributed by atoms with van der Waals surface area (Å²) in [5.41, 5.74) is 15.3. The van der Waals surface area contributed by atoms with E-state index >= 15 is 0 Å². The van der Waals surface area contributed by atoms with E-state index in [-0.39, 0.29) is 0 Å². The highest BCUT2D eigenvalue weighted by atomic mass is 32.1. The molecule has 298 valence electrons. The third-order valence-corrected chi connectivity index (χ3v) is 18.2. The first-order chi connectivity index (χ1) is 30.9. The van der Waals surface area contributed by atoms with Crippen LogP contribution in [0.3, 0.4) is 0 Å². The summed E-state index contributed by atoms with van der Waals surface area (Å²) < 4.78 is 6.96. The monoisotopic (exact) mass is 860 g/mol. The highest BCUT2D eigenvalue weighted by Gasteiger charge is 2.39. The summed E-state index contributed by atoms with van der Waals surface area (Å²) in [6.45, 7) is 4.98. The number of benzene rings is 8. The molecule has 0 bridgehead atoms. The minimum atomic E-state index is -2.04. The predicted octanol–water partition coefficient (Wildman–Crippen LogP) is 13.1. The van der Waals surface area contributed by atoms with Gasteiger partial charge >= 0.3 is 0 Å². The van der Waals surface area contributed by atoms with E-state index in [1.807, 2.05) is 0 Å². The van der Waals surface area contributed by atoms with Gasteiger partial charge in [0.25, 0.3) is 0 Å². The van der Waals surface area contributed by atoms with Crippen LogP contribution < -0.4 is 10.4 Å². The molecule has 0 aliphatic carbocycles. The standard InChI is InChI=1S/C54H36N6S2Si/c1-63(2)49-31-47-43(57-53(61-47)35-17-13-15-33(27-35)51-55-41-23-9-11-25-45(41)59(51)37-19-5-3-6-20-37)29-39(49)40-30-44-48(32-50(40)63)62-54(58-44)36-18-14-16-34(28-36)52-56-42-24-10-12-26-46(42)60(52)38-21-7-4-8-22-38/h3-32H,1-2H3. The molecule has 0 amide bonds. The highest BCUT2D eigenvalue weighted by Crippen LogP contribution is 2.41. The minimum Gasteiger partial charge on any atom is -0.292 e. The number of hydrogen-bond donors (Lipinski definition) is 0. The van der Waals surface area contributed by atoms with Gasteiger partial charge in [0.05, 0.1) is 42.5 Å². The van der Waals surface area contributed by atoms with Crippen molar-refractivity contribution in [2.75, 3.05) is 0 Å². The molecule has 0 atom stereocenters. The van der Waals surface area contributed by atoms with Gasteiger partial charge in [-0.15, -0.1) is 22.7 Å². The number of hydrogen-bond acceptors (Lipinski definition) is 6. The van der Waals surface area contributed by atoms with Crippen molar-refractivity contribution in [2.24, 2.45) is 0 Å². The molecule has 0 N–H and O–H groups in total. The van der Waals surface area contributed by atoms with Crippen molar-refractivity contribution >= 4 is 83.6 Å². The summed E-state index contributed by atoms with van der Waals surface area (Å²) in [5, 5.41) is 4.97. The molecule has 0 unspecified atom stereocenters. The van der Waals surface area contributed by atoms with Crippen molar-refractivity contribution in [3.05, 3.63) is 182 Å². The second-order valence-electron chi connectivity index (χ2n) is 16.7. The van der Waals surface area contributed by atoms with Crippen molar-refractivity contribution < 1.29 is 0 Å². The van der Waals surface area contributed by atoms with Crippen LogP contribution in [0.25, 0.3) is 109 Å². The zero-order valence-electron chi connectivity index (χ0n) is 34.3. The van der Waals surface area contributed by atoms with Gasteiger partial charge in [0.15, 0.2) is 0 Å². The lowest BCUT2D eigenvalue weighted by Gasteiger charge is -2.18. The van der Waals surface area contributed by atoms with E-state index in [9.17, 15) is 0 Å². The van der Waals surface area contributed by atoms with E-state index in [0.29, 0.717) is 0 Å². The van der Waals surface area contributed by atoms with E-state index in [1.54, 1.807) is 22.7 Å². The van der Waals surface area contributed by atoms with Gasteiger partial charge in [-0.25, -0.2) is 19.9 Å². The molecule has 0 radical (unpaired) electrons. The number of thiazole rings is 2. The molecule has 5 heterocycles. The van der Waals surface area contributed by atoms with Gasteiger partial charge in [-0.3, -0.25) is 9.13 Å². The molecular weight excluding hydrogens is 825 g/mol. The van der Waals surface area contributed by atoms with Gasteiger partial charge in [0.1, 0.15) is 29.7 Å². The Morgan fingerprint density at radius 3 is 1.25 bits per heavy atom. The average Bonchev–Trinajstić information content (AvgIpc) is 4.16. The van der Waals surface area contributed by atoms with Crippen LogP contribution in [0.5, 0.6) is 0 Å². The van der Waals surface area contributed by atoms with Crippen LogP contribution in [0, 0.1) is 0 Å². The Hall–Kier alpha value is -7.30. The molecule has 4 aromatic heterocycles. The Bertz CT molecular complexity index is 3540. The van der Waals surface area contributed by atoms with Crippen molar-refractivity contribution in [1.29, 1.82) is 0 Å². The molecular formula is C54H36N6S2Si. The summed E-state index contributed by atoms with van der Waals surface area (Å²) >= 11 is 3.55. The van der Waals surface area contributed by atoms with Crippen LogP contribution in [-0.2, 0) is 0 Å². The van der Waals surface area contributed by atoms with Crippen LogP contribution in [0.2, 0.25) is 13.1 Å². The lowest BCUT2D eigenvalue weighted by Crippen LogP contribution is -2.49. The predicted molar refractivity (Wildman–Crippen MR) is 266 cm³/mol. The average molecular weight is 861 g/mol. The second kappa shape index (κ2) is 13.9. The van der Waals surface area contributed by atoms with Crippen LogP contribution in [0.1, 0.15) is 0 Å². The third-order valence-electron chi connectivity index (χ3n) is 12.6. The Morgan fingerprint density at radius 2 is 0.794 bits per heavy atom. The number of fused-ring (bicyclic) bond motifs is 7. The van der Waals surface area contributed by atoms with Gasteiger partial charge in [0.2, 0.25) is 0 Å². The smallest absolute Gasteiger partial charge is 0.145 e. The largest absolute Gasteiger partial charge is 0.292 e. The van der Waals surface area contributed by atoms with Crippen LogP contribution >= 0.6 is 22.7 Å². The summed E-state index contributed by atoms with van der Waals surface area (Å²) in [7, 11) is -2.04. The fourth-order valence-corrected chi connectivity index (χ4v) is 14.8. The Kier molecular flexibility index (Phi) is 8.00. The Labute approximate surface area is 372 Å². The van der Waals surface area contributed by atoms with Crippen LogP contribution in [0.15, 0.2) is 182 Å². The van der Waals surface area contributed by atoms with E-state index in [0.717, 1.165) is 88.4 Å². The van der Waals surface area contributed by atoms with Crippen molar-refractivity contribution in [3.63, 3.8) is 0 Å². The number of para-hydroxylation sites is 6. The van der Waals surface area contributed by atoms with E-state index < -0.39 is 8.07 Å². The number of aromatic nitrogens is 6. The fourth-order valence-electron chi connectivity index (χ4n) is 9.52. The van der Waals surface area contributed by atoms with Gasteiger partial charge < -0.3 is 0 Å². The van der Waals surface area contributed by atoms with Crippen LogP contribution in [-0.4, -0.2) is 37.1 Å². The molecule has 0 saturated carbocycles. The molecule has 6 nitrogen and oxygen atoms in total. The van der Waals surface area contributed by atoms with E-state index in [1.165, 1.54) is 30.9 Å². The summed E-state index contributed by atoms with van der Waals surface area (Å²) in [5.74, 6) is 1.84. The maximum absolute atomic E-state index is 5.30. The molecule has 0 fully saturated rings. The molecule has 12 aromatic rings. The van der Waals surface area contributed by atoms with Crippen molar-refractivity contribution in [1.82, 2.24) is 29.1 Å². The van der Waals surface area contributed by atoms with Gasteiger partial charge in [-0.2, -0.15) is 0 Å². The molecule has 0 spiro atoms. The van der Waals surface area contributed by atoms with Crippen molar-refractivity contribution in [3.8, 4) is 66.4 Å². The highest BCUT2D eigenvalue weighted by molar-refractivity contribution is 7.22. The number of rotatable bonds is 6. The molecule has 1 aliphatic heterocycles. The SMILES string of the molecule is C[Si]1(C)c2cc3sc(-c4cccc(-c5nc6ccccc6n5-c5ccccc5)c4)nc3cc2-c2cc3nc(-c4cccc(-c5nc6ccccc6n5-c5ccccc5)c4)sc3cc21. The maximum atomic E-state index is 5.30. The quantitative estimate of drug-likeness (QED) is 0.156. The van der Waals surface area contributed by atoms with Gasteiger partial charge in [-0.05, 0) is 106 Å². The van der Waals surface area contributed by atoms with Gasteiger partial charge in [0, 0.05) is 33.6 Å². The Morgan fingerprint density at radius 1 is 0.381 bits per heavy atom. The third kappa shape index (κ3) is 5.74. The maximum Gasteiger partial charge on any atom is 0.145 e. The lowest BCUT2D eigenvalue weighted by atomic mass is 10.1. The van der Waals surface area contributed by atoms with Gasteiger partial charge in [-0.1, -0.05) is 110 Å². The normalized spacial score (nSPS) is 13.0. The lowest BCUT2D eigenvalue weighted by molar-refractivity contribution is 1.10. The molecule has 8 aromatic carbocycles. The fraction of sp³-hybridized carbons (Fsp3) is 0.0370. The molecule has 0 saturated heterocycles. The molecule has 9 heteroatoms. The first-order valence-electron chi connectivity index (χ1n) is 21.1. The number of nitrogens with zero attached hydrogens (tertiary/aromatic N) is 6. The van der Waals surface area contributed by atoms with Crippen molar-refractivity contribution in [2.45, 2.75) is 13.1 Å². The summed E-state index contributed by atoms with van der Waals surface area (Å²) in [4.78, 5) is 20.9. The zero-order chi connectivity index (χ0) is 41.8. The summed E-state index contributed by atoms with van der Waals surface area (Å²) in [6, 6.07) is 64.6. The second-order valence-corrected chi connectivity index (χ2v) is 23.1. The number of imidazole rings is 2. The minimum absolute atomic E-state index is 0.918. The van der Waals surface area contributed by atoms with Crippen LogP contribution in [0.4, 0.5) is 0 Å². The molecule has 1 aliphatic rings. The summed E-state index contributed by atoms with van der Waals surface area (Å²) in [6.07, 6.45) is 0. The Balaban J connectivity index is 0.868.